The Morgan fingerprint density at radius 2 is 1.89 bits per heavy atom. The van der Waals surface area contributed by atoms with E-state index in [9.17, 15) is 13.2 Å². The molecule has 1 atom stereocenters. The monoisotopic (exact) mass is 390 g/mol. The van der Waals surface area contributed by atoms with Crippen molar-refractivity contribution in [2.75, 3.05) is 24.7 Å². The largest absolute Gasteiger partial charge is 0.486 e. The maximum Gasteiger partial charge on any atom is 0.253 e. The van der Waals surface area contributed by atoms with Gasteiger partial charge >= 0.3 is 0 Å². The Kier molecular flexibility index (Phi) is 4.38. The smallest absolute Gasteiger partial charge is 0.253 e. The molecule has 1 amide bonds. The Hall–Kier alpha value is -2.48. The van der Waals surface area contributed by atoms with Crippen LogP contribution in [0.2, 0.25) is 0 Å². The predicted molar refractivity (Wildman–Crippen MR) is 101 cm³/mol. The van der Waals surface area contributed by atoms with Crippen LogP contribution in [0.25, 0.3) is 5.69 Å². The van der Waals surface area contributed by atoms with E-state index in [2.05, 4.69) is 5.32 Å². The van der Waals surface area contributed by atoms with Gasteiger partial charge in [-0.05, 0) is 38.5 Å². The summed E-state index contributed by atoms with van der Waals surface area (Å²) in [4.78, 5) is 12.7. The third-order valence-electron chi connectivity index (χ3n) is 5.03. The van der Waals surface area contributed by atoms with Gasteiger partial charge in [-0.1, -0.05) is 0 Å². The molecule has 1 fully saturated rings. The highest BCUT2D eigenvalue weighted by Gasteiger charge is 2.30. The minimum Gasteiger partial charge on any atom is -0.486 e. The third kappa shape index (κ3) is 3.41. The van der Waals surface area contributed by atoms with E-state index < -0.39 is 9.84 Å². The van der Waals surface area contributed by atoms with Crippen molar-refractivity contribution in [1.82, 2.24) is 9.88 Å². The maximum atomic E-state index is 12.7. The number of fused-ring (bicyclic) bond motifs is 1. The van der Waals surface area contributed by atoms with Gasteiger partial charge in [0.15, 0.2) is 21.3 Å². The van der Waals surface area contributed by atoms with Gasteiger partial charge < -0.3 is 19.4 Å². The molecule has 1 saturated heterocycles. The molecule has 1 unspecified atom stereocenters. The molecule has 1 N–H and O–H groups in total. The lowest BCUT2D eigenvalue weighted by atomic mass is 10.2. The molecule has 0 bridgehead atoms. The zero-order valence-electron chi connectivity index (χ0n) is 15.3. The zero-order valence-corrected chi connectivity index (χ0v) is 16.1. The topological polar surface area (TPSA) is 86.6 Å². The number of aromatic nitrogens is 1. The van der Waals surface area contributed by atoms with E-state index in [0.717, 1.165) is 17.1 Å². The van der Waals surface area contributed by atoms with E-state index in [4.69, 9.17) is 9.47 Å². The molecule has 1 aromatic carbocycles. The van der Waals surface area contributed by atoms with Gasteiger partial charge in [-0.15, -0.1) is 0 Å². The molecular weight excluding hydrogens is 368 g/mol. The van der Waals surface area contributed by atoms with E-state index >= 15 is 0 Å². The molecule has 144 valence electrons. The number of hydrogen-bond acceptors (Lipinski definition) is 5. The van der Waals surface area contributed by atoms with E-state index in [-0.39, 0.29) is 23.5 Å². The number of aryl methyl sites for hydroxylation is 1. The minimum absolute atomic E-state index is 0.0135. The first-order chi connectivity index (χ1) is 12.8. The Morgan fingerprint density at radius 3 is 2.59 bits per heavy atom. The molecule has 3 heterocycles. The quantitative estimate of drug-likeness (QED) is 0.863. The van der Waals surface area contributed by atoms with Crippen molar-refractivity contribution >= 4 is 15.7 Å². The van der Waals surface area contributed by atoms with Crippen molar-refractivity contribution in [2.24, 2.45) is 0 Å². The summed E-state index contributed by atoms with van der Waals surface area (Å²) >= 11 is 0. The van der Waals surface area contributed by atoms with E-state index in [1.807, 2.05) is 42.7 Å². The molecule has 7 nitrogen and oxygen atoms in total. The number of amides is 1. The fourth-order valence-corrected chi connectivity index (χ4v) is 5.41. The van der Waals surface area contributed by atoms with Crippen molar-refractivity contribution < 1.29 is 22.7 Å². The number of carbonyl (C=O) groups excluding carboxylic acids is 1. The number of hydrogen-bond donors (Lipinski definition) is 1. The van der Waals surface area contributed by atoms with Gasteiger partial charge in [-0.25, -0.2) is 8.42 Å². The summed E-state index contributed by atoms with van der Waals surface area (Å²) in [5, 5.41) is 2.86. The molecule has 2 aromatic rings. The maximum absolute atomic E-state index is 12.7. The molecule has 2 aliphatic rings. The Morgan fingerprint density at radius 1 is 1.15 bits per heavy atom. The summed E-state index contributed by atoms with van der Waals surface area (Å²) in [7, 11) is -3.03. The van der Waals surface area contributed by atoms with Crippen LogP contribution >= 0.6 is 0 Å². The Bertz CT molecular complexity index is 1010. The average molecular weight is 390 g/mol. The number of nitrogens with zero attached hydrogens (tertiary/aromatic N) is 1. The average Bonchev–Trinajstić information content (AvgIpc) is 3.12. The number of ether oxygens (including phenoxy) is 2. The lowest BCUT2D eigenvalue weighted by molar-refractivity contribution is 0.0940. The van der Waals surface area contributed by atoms with Crippen molar-refractivity contribution in [3.63, 3.8) is 0 Å². The van der Waals surface area contributed by atoms with Gasteiger partial charge in [0, 0.05) is 29.2 Å². The zero-order chi connectivity index (χ0) is 19.2. The number of benzene rings is 1. The fraction of sp³-hybridized carbons (Fsp3) is 0.421. The summed E-state index contributed by atoms with van der Waals surface area (Å²) in [5.41, 5.74) is 3.14. The van der Waals surface area contributed by atoms with Crippen LogP contribution in [0, 0.1) is 13.8 Å². The number of nitrogens with one attached hydrogen (secondary N) is 1. The second-order valence-corrected chi connectivity index (χ2v) is 9.25. The Labute approximate surface area is 158 Å². The minimum atomic E-state index is -3.03. The van der Waals surface area contributed by atoms with Crippen LogP contribution in [-0.4, -0.2) is 49.7 Å². The Balaban J connectivity index is 1.61. The van der Waals surface area contributed by atoms with Crippen molar-refractivity contribution in [1.29, 1.82) is 0 Å². The predicted octanol–water partition coefficient (Wildman–Crippen LogP) is 1.78. The first-order valence-corrected chi connectivity index (χ1v) is 10.8. The highest BCUT2D eigenvalue weighted by Crippen LogP contribution is 2.33. The molecule has 27 heavy (non-hydrogen) atoms. The van der Waals surface area contributed by atoms with Crippen LogP contribution in [0.4, 0.5) is 0 Å². The van der Waals surface area contributed by atoms with Crippen LogP contribution in [0.3, 0.4) is 0 Å². The standard InChI is InChI=1S/C19H22N2O5S/c1-12-9-16(19(22)20-14-5-8-27(23,24)11-14)13(2)21(12)15-3-4-17-18(10-15)26-7-6-25-17/h3-4,9-10,14H,5-8,11H2,1-2H3,(H,20,22). The lowest BCUT2D eigenvalue weighted by Crippen LogP contribution is -2.35. The van der Waals surface area contributed by atoms with Gasteiger partial charge in [-0.2, -0.15) is 0 Å². The van der Waals surface area contributed by atoms with Gasteiger partial charge in [0.2, 0.25) is 0 Å². The van der Waals surface area contributed by atoms with E-state index in [1.54, 1.807) is 0 Å². The first kappa shape index (κ1) is 17.9. The number of carbonyl (C=O) groups is 1. The highest BCUT2D eigenvalue weighted by atomic mass is 32.2. The van der Waals surface area contributed by atoms with E-state index in [1.165, 1.54) is 0 Å². The molecule has 0 radical (unpaired) electrons. The second kappa shape index (κ2) is 6.60. The van der Waals surface area contributed by atoms with Gasteiger partial charge in [0.1, 0.15) is 13.2 Å². The highest BCUT2D eigenvalue weighted by molar-refractivity contribution is 7.91. The van der Waals surface area contributed by atoms with Crippen LogP contribution in [0.1, 0.15) is 28.2 Å². The van der Waals surface area contributed by atoms with Gasteiger partial charge in [0.25, 0.3) is 5.91 Å². The molecule has 1 aromatic heterocycles. The summed E-state index contributed by atoms with van der Waals surface area (Å²) in [6.07, 6.45) is 0.467. The molecule has 0 aliphatic carbocycles. The van der Waals surface area contributed by atoms with Gasteiger partial charge in [0.05, 0.1) is 17.1 Å². The molecule has 4 rings (SSSR count). The van der Waals surface area contributed by atoms with Gasteiger partial charge in [-0.3, -0.25) is 4.79 Å². The van der Waals surface area contributed by atoms with E-state index in [0.29, 0.717) is 36.7 Å². The molecular formula is C19H22N2O5S. The molecule has 8 heteroatoms. The normalized spacial score (nSPS) is 20.4. The summed E-state index contributed by atoms with van der Waals surface area (Å²) in [6.45, 7) is 4.86. The lowest BCUT2D eigenvalue weighted by Gasteiger charge is -2.20. The van der Waals surface area contributed by atoms with Crippen LogP contribution in [0.15, 0.2) is 24.3 Å². The molecule has 0 spiro atoms. The first-order valence-electron chi connectivity index (χ1n) is 8.94. The SMILES string of the molecule is Cc1cc(C(=O)NC2CCS(=O)(=O)C2)c(C)n1-c1ccc2c(c1)OCCO2. The molecule has 0 saturated carbocycles. The fourth-order valence-electron chi connectivity index (χ4n) is 3.73. The summed E-state index contributed by atoms with van der Waals surface area (Å²) in [6, 6.07) is 7.20. The van der Waals surface area contributed by atoms with Crippen LogP contribution in [0.5, 0.6) is 11.5 Å². The summed E-state index contributed by atoms with van der Waals surface area (Å²) in [5.74, 6) is 1.31. The third-order valence-corrected chi connectivity index (χ3v) is 6.80. The number of rotatable bonds is 3. The van der Waals surface area contributed by atoms with Crippen molar-refractivity contribution in [3.8, 4) is 17.2 Å². The number of sulfone groups is 1. The molecule has 2 aliphatic heterocycles. The van der Waals surface area contributed by atoms with Crippen LogP contribution < -0.4 is 14.8 Å². The van der Waals surface area contributed by atoms with Crippen LogP contribution in [-0.2, 0) is 9.84 Å². The second-order valence-electron chi connectivity index (χ2n) is 7.02. The van der Waals surface area contributed by atoms with Crippen molar-refractivity contribution in [2.45, 2.75) is 26.3 Å². The summed E-state index contributed by atoms with van der Waals surface area (Å²) < 4.78 is 36.4. The van der Waals surface area contributed by atoms with Crippen molar-refractivity contribution in [3.05, 3.63) is 41.2 Å².